The largest absolute Gasteiger partial charge is 0.497 e. The zero-order chi connectivity index (χ0) is 13.8. The van der Waals surface area contributed by atoms with Crippen molar-refractivity contribution in [3.63, 3.8) is 0 Å². The van der Waals surface area contributed by atoms with Crippen LogP contribution in [0.1, 0.15) is 31.2 Å². The van der Waals surface area contributed by atoms with E-state index in [4.69, 9.17) is 4.74 Å². The van der Waals surface area contributed by atoms with Crippen molar-refractivity contribution in [2.45, 2.75) is 37.8 Å². The maximum atomic E-state index is 5.19. The van der Waals surface area contributed by atoms with Gasteiger partial charge in [0.1, 0.15) is 5.75 Å². The molecule has 0 aromatic heterocycles. The molecule has 1 aliphatic rings. The summed E-state index contributed by atoms with van der Waals surface area (Å²) in [6.07, 6.45) is 2.51. The topological polar surface area (TPSA) is 24.5 Å². The highest BCUT2D eigenvalue weighted by Gasteiger charge is 2.30. The van der Waals surface area contributed by atoms with Crippen molar-refractivity contribution < 1.29 is 4.74 Å². The minimum absolute atomic E-state index is 0.566. The Balaban J connectivity index is 1.76. The summed E-state index contributed by atoms with van der Waals surface area (Å²) in [5, 5.41) is 3.70. The molecular weight excluding hydrogens is 236 g/mol. The Kier molecular flexibility index (Phi) is 4.83. The molecule has 1 atom stereocenters. The Morgan fingerprint density at radius 3 is 2.42 bits per heavy atom. The number of ether oxygens (including phenoxy) is 1. The minimum Gasteiger partial charge on any atom is -0.497 e. The van der Waals surface area contributed by atoms with Gasteiger partial charge in [-0.15, -0.1) is 0 Å². The lowest BCUT2D eigenvalue weighted by Gasteiger charge is -2.38. The van der Waals surface area contributed by atoms with Gasteiger partial charge in [-0.3, -0.25) is 0 Å². The fraction of sp³-hybridized carbons (Fsp3) is 0.625. The molecule has 1 fully saturated rings. The highest BCUT2D eigenvalue weighted by atomic mass is 16.5. The number of rotatable bonds is 6. The molecule has 1 aromatic carbocycles. The second-order valence-electron chi connectivity index (χ2n) is 5.97. The van der Waals surface area contributed by atoms with E-state index in [2.05, 4.69) is 55.5 Å². The first-order chi connectivity index (χ1) is 9.08. The van der Waals surface area contributed by atoms with E-state index in [-0.39, 0.29) is 0 Å². The van der Waals surface area contributed by atoms with Crippen LogP contribution in [0.2, 0.25) is 0 Å². The molecule has 19 heavy (non-hydrogen) atoms. The van der Waals surface area contributed by atoms with Crippen molar-refractivity contribution >= 4 is 0 Å². The molecule has 0 radical (unpaired) electrons. The first-order valence-electron chi connectivity index (χ1n) is 7.13. The number of nitrogens with zero attached hydrogens (tertiary/aromatic N) is 1. The average molecular weight is 262 g/mol. The Morgan fingerprint density at radius 2 is 1.89 bits per heavy atom. The quantitative estimate of drug-likeness (QED) is 0.852. The van der Waals surface area contributed by atoms with Crippen molar-refractivity contribution in [2.24, 2.45) is 0 Å². The van der Waals surface area contributed by atoms with Gasteiger partial charge in [-0.25, -0.2) is 0 Å². The molecule has 1 saturated carbocycles. The molecule has 3 nitrogen and oxygen atoms in total. The van der Waals surface area contributed by atoms with Crippen molar-refractivity contribution in [3.8, 4) is 5.75 Å². The van der Waals surface area contributed by atoms with E-state index in [0.717, 1.165) is 18.2 Å². The Bertz CT molecular complexity index is 382. The van der Waals surface area contributed by atoms with Crippen LogP contribution < -0.4 is 10.1 Å². The highest BCUT2D eigenvalue weighted by molar-refractivity contribution is 5.30. The molecule has 2 rings (SSSR count). The summed E-state index contributed by atoms with van der Waals surface area (Å²) in [5.74, 6) is 1.66. The third-order valence-corrected chi connectivity index (χ3v) is 3.88. The van der Waals surface area contributed by atoms with Gasteiger partial charge in [-0.05, 0) is 57.5 Å². The Labute approximate surface area is 116 Å². The van der Waals surface area contributed by atoms with Gasteiger partial charge in [0.25, 0.3) is 0 Å². The molecule has 0 spiro atoms. The fourth-order valence-electron chi connectivity index (χ4n) is 2.90. The summed E-state index contributed by atoms with van der Waals surface area (Å²) in [7, 11) is 5.96. The van der Waals surface area contributed by atoms with Gasteiger partial charge in [0.05, 0.1) is 7.11 Å². The van der Waals surface area contributed by atoms with E-state index in [1.54, 1.807) is 7.11 Å². The van der Waals surface area contributed by atoms with E-state index < -0.39 is 0 Å². The standard InChI is InChI=1S/C16H26N2O/c1-12(11-18(2)3)17-15-9-14(10-15)13-5-7-16(19-4)8-6-13/h5-8,12,14-15,17H,9-11H2,1-4H3. The van der Waals surface area contributed by atoms with E-state index in [9.17, 15) is 0 Å². The van der Waals surface area contributed by atoms with Crippen LogP contribution in [0.4, 0.5) is 0 Å². The van der Waals surface area contributed by atoms with Crippen molar-refractivity contribution in [1.82, 2.24) is 10.2 Å². The summed E-state index contributed by atoms with van der Waals surface area (Å²) in [6.45, 7) is 3.37. The van der Waals surface area contributed by atoms with Gasteiger partial charge in [0.2, 0.25) is 0 Å². The van der Waals surface area contributed by atoms with E-state index in [1.807, 2.05) is 0 Å². The van der Waals surface area contributed by atoms with Crippen LogP contribution in [-0.2, 0) is 0 Å². The molecule has 0 aliphatic heterocycles. The lowest BCUT2D eigenvalue weighted by atomic mass is 9.75. The summed E-state index contributed by atoms with van der Waals surface area (Å²) in [5.41, 5.74) is 1.44. The predicted octanol–water partition coefficient (Wildman–Crippen LogP) is 2.48. The lowest BCUT2D eigenvalue weighted by molar-refractivity contribution is 0.245. The maximum absolute atomic E-state index is 5.19. The number of nitrogens with one attached hydrogen (secondary N) is 1. The Morgan fingerprint density at radius 1 is 1.26 bits per heavy atom. The third-order valence-electron chi connectivity index (χ3n) is 3.88. The van der Waals surface area contributed by atoms with Gasteiger partial charge in [0.15, 0.2) is 0 Å². The van der Waals surface area contributed by atoms with Crippen LogP contribution in [0.25, 0.3) is 0 Å². The van der Waals surface area contributed by atoms with Crippen LogP contribution in [0.5, 0.6) is 5.75 Å². The minimum atomic E-state index is 0.566. The lowest BCUT2D eigenvalue weighted by Crippen LogP contribution is -2.47. The second-order valence-corrected chi connectivity index (χ2v) is 5.97. The fourth-order valence-corrected chi connectivity index (χ4v) is 2.90. The molecule has 0 saturated heterocycles. The Hall–Kier alpha value is -1.06. The number of methoxy groups -OCH3 is 1. The van der Waals surface area contributed by atoms with Gasteiger partial charge in [0, 0.05) is 18.6 Å². The van der Waals surface area contributed by atoms with Crippen LogP contribution in [0.15, 0.2) is 24.3 Å². The van der Waals surface area contributed by atoms with Gasteiger partial charge >= 0.3 is 0 Å². The van der Waals surface area contributed by atoms with Crippen molar-refractivity contribution in [3.05, 3.63) is 29.8 Å². The number of hydrogen-bond acceptors (Lipinski definition) is 3. The first-order valence-corrected chi connectivity index (χ1v) is 7.13. The third kappa shape index (κ3) is 3.95. The van der Waals surface area contributed by atoms with E-state index in [1.165, 1.54) is 18.4 Å². The van der Waals surface area contributed by atoms with E-state index >= 15 is 0 Å². The SMILES string of the molecule is COc1ccc(C2CC(NC(C)CN(C)C)C2)cc1. The highest BCUT2D eigenvalue weighted by Crippen LogP contribution is 2.37. The monoisotopic (exact) mass is 262 g/mol. The molecule has 0 bridgehead atoms. The van der Waals surface area contributed by atoms with Gasteiger partial charge in [-0.2, -0.15) is 0 Å². The molecule has 1 N–H and O–H groups in total. The zero-order valence-corrected chi connectivity index (χ0v) is 12.5. The molecular formula is C16H26N2O. The smallest absolute Gasteiger partial charge is 0.118 e. The molecule has 1 aromatic rings. The number of hydrogen-bond donors (Lipinski definition) is 1. The number of likely N-dealkylation sites (N-methyl/N-ethyl adjacent to an activating group) is 1. The zero-order valence-electron chi connectivity index (χ0n) is 12.5. The molecule has 1 aliphatic carbocycles. The molecule has 0 heterocycles. The summed E-state index contributed by atoms with van der Waals surface area (Å²) in [4.78, 5) is 2.23. The van der Waals surface area contributed by atoms with Crippen LogP contribution >= 0.6 is 0 Å². The second kappa shape index (κ2) is 6.40. The first kappa shape index (κ1) is 14.4. The van der Waals surface area contributed by atoms with Gasteiger partial charge in [-0.1, -0.05) is 12.1 Å². The van der Waals surface area contributed by atoms with Crippen LogP contribution in [-0.4, -0.2) is 44.7 Å². The summed E-state index contributed by atoms with van der Waals surface area (Å²) < 4.78 is 5.19. The molecule has 1 unspecified atom stereocenters. The molecule has 0 amide bonds. The summed E-state index contributed by atoms with van der Waals surface area (Å²) in [6, 6.07) is 9.76. The van der Waals surface area contributed by atoms with Gasteiger partial charge < -0.3 is 15.0 Å². The van der Waals surface area contributed by atoms with Crippen LogP contribution in [0.3, 0.4) is 0 Å². The van der Waals surface area contributed by atoms with Crippen molar-refractivity contribution in [1.29, 1.82) is 0 Å². The predicted molar refractivity (Wildman–Crippen MR) is 79.9 cm³/mol. The van der Waals surface area contributed by atoms with E-state index in [0.29, 0.717) is 12.1 Å². The molecule has 106 valence electrons. The molecule has 3 heteroatoms. The van der Waals surface area contributed by atoms with Crippen LogP contribution in [0, 0.1) is 0 Å². The summed E-state index contributed by atoms with van der Waals surface area (Å²) >= 11 is 0. The van der Waals surface area contributed by atoms with Crippen molar-refractivity contribution in [2.75, 3.05) is 27.7 Å². The number of benzene rings is 1. The normalized spacial score (nSPS) is 24.1. The maximum Gasteiger partial charge on any atom is 0.118 e. The average Bonchev–Trinajstić information content (AvgIpc) is 2.32.